The number of aromatic amines is 1. The van der Waals surface area contributed by atoms with Crippen LogP contribution in [0.25, 0.3) is 10.9 Å². The Bertz CT molecular complexity index is 868. The molecule has 23 heavy (non-hydrogen) atoms. The third-order valence-corrected chi connectivity index (χ3v) is 4.65. The Kier molecular flexibility index (Phi) is 3.39. The highest BCUT2D eigenvalue weighted by atomic mass is 16.3. The maximum Gasteiger partial charge on any atom is 0.254 e. The van der Waals surface area contributed by atoms with Crippen LogP contribution in [0, 0.1) is 0 Å². The molecule has 0 saturated heterocycles. The first-order valence-corrected chi connectivity index (χ1v) is 7.84. The predicted octanol–water partition coefficient (Wildman–Crippen LogP) is 2.90. The Morgan fingerprint density at radius 2 is 2.09 bits per heavy atom. The zero-order chi connectivity index (χ0) is 15.8. The molecule has 3 aromatic rings. The lowest BCUT2D eigenvalue weighted by atomic mass is 9.92. The molecule has 0 unspecified atom stereocenters. The van der Waals surface area contributed by atoms with Gasteiger partial charge in [0.2, 0.25) is 0 Å². The second-order valence-electron chi connectivity index (χ2n) is 5.93. The first-order valence-electron chi connectivity index (χ1n) is 7.84. The van der Waals surface area contributed by atoms with E-state index in [1.54, 1.807) is 4.90 Å². The molecule has 116 valence electrons. The van der Waals surface area contributed by atoms with Gasteiger partial charge in [0.1, 0.15) is 0 Å². The molecule has 1 amide bonds. The monoisotopic (exact) mass is 306 g/mol. The molecule has 1 atom stereocenters. The summed E-state index contributed by atoms with van der Waals surface area (Å²) in [6.45, 7) is 0.567. The fourth-order valence-electron chi connectivity index (χ4n) is 3.44. The summed E-state index contributed by atoms with van der Waals surface area (Å²) in [6, 6.07) is 15.4. The molecule has 0 fully saturated rings. The normalized spacial score (nSPS) is 17.3. The summed E-state index contributed by atoms with van der Waals surface area (Å²) in [4.78, 5) is 17.9. The number of aliphatic hydroxyl groups is 1. The summed E-state index contributed by atoms with van der Waals surface area (Å²) < 4.78 is 0. The molecule has 0 saturated carbocycles. The Morgan fingerprint density at radius 1 is 1.22 bits per heavy atom. The van der Waals surface area contributed by atoms with Crippen molar-refractivity contribution in [3.63, 3.8) is 0 Å². The lowest BCUT2D eigenvalue weighted by Gasteiger charge is -2.36. The van der Waals surface area contributed by atoms with Gasteiger partial charge in [0.05, 0.1) is 12.6 Å². The van der Waals surface area contributed by atoms with E-state index >= 15 is 0 Å². The van der Waals surface area contributed by atoms with Crippen LogP contribution in [0.3, 0.4) is 0 Å². The summed E-state index contributed by atoms with van der Waals surface area (Å²) in [5, 5.41) is 10.9. The van der Waals surface area contributed by atoms with Gasteiger partial charge in [-0.25, -0.2) is 0 Å². The van der Waals surface area contributed by atoms with Gasteiger partial charge in [0.25, 0.3) is 5.91 Å². The third kappa shape index (κ3) is 2.32. The maximum atomic E-state index is 12.9. The van der Waals surface area contributed by atoms with Crippen LogP contribution >= 0.6 is 0 Å². The highest BCUT2D eigenvalue weighted by Crippen LogP contribution is 2.30. The first-order chi connectivity index (χ1) is 11.3. The highest BCUT2D eigenvalue weighted by molar-refractivity contribution is 5.98. The van der Waals surface area contributed by atoms with Crippen molar-refractivity contribution in [2.75, 3.05) is 13.2 Å². The van der Waals surface area contributed by atoms with E-state index in [0.717, 1.165) is 22.9 Å². The zero-order valence-corrected chi connectivity index (χ0v) is 12.7. The second-order valence-corrected chi connectivity index (χ2v) is 5.93. The SMILES string of the molecule is O=C(c1ccc2cc[nH]c2c1)N1CCc2ccccc2[C@H]1CO. The smallest absolute Gasteiger partial charge is 0.254 e. The number of fused-ring (bicyclic) bond motifs is 2. The van der Waals surface area contributed by atoms with Gasteiger partial charge >= 0.3 is 0 Å². The topological polar surface area (TPSA) is 56.3 Å². The van der Waals surface area contributed by atoms with Crippen LogP contribution in [-0.2, 0) is 6.42 Å². The Labute approximate surface area is 134 Å². The van der Waals surface area contributed by atoms with E-state index in [-0.39, 0.29) is 18.6 Å². The van der Waals surface area contributed by atoms with Gasteiger partial charge in [0, 0.05) is 23.8 Å². The minimum absolute atomic E-state index is 0.0324. The number of nitrogens with zero attached hydrogens (tertiary/aromatic N) is 1. The van der Waals surface area contributed by atoms with E-state index in [1.165, 1.54) is 5.56 Å². The summed E-state index contributed by atoms with van der Waals surface area (Å²) in [5.74, 6) is -0.0324. The van der Waals surface area contributed by atoms with Crippen molar-refractivity contribution in [1.82, 2.24) is 9.88 Å². The fourth-order valence-corrected chi connectivity index (χ4v) is 3.44. The lowest BCUT2D eigenvalue weighted by molar-refractivity contribution is 0.0569. The molecule has 0 spiro atoms. The standard InChI is InChI=1S/C19H18N2O2/c22-12-18-16-4-2-1-3-13(16)8-10-21(18)19(23)15-6-5-14-7-9-20-17(14)11-15/h1-7,9,11,18,20,22H,8,10,12H2/t18-/m1/s1. The van der Waals surface area contributed by atoms with Gasteiger partial charge < -0.3 is 15.0 Å². The minimum atomic E-state index is -0.271. The lowest BCUT2D eigenvalue weighted by Crippen LogP contribution is -2.41. The van der Waals surface area contributed by atoms with Gasteiger partial charge in [-0.2, -0.15) is 0 Å². The number of H-pyrrole nitrogens is 1. The average Bonchev–Trinajstić information content (AvgIpc) is 3.07. The van der Waals surface area contributed by atoms with Crippen LogP contribution < -0.4 is 0 Å². The van der Waals surface area contributed by atoms with Crippen LogP contribution in [0.5, 0.6) is 0 Å². The number of hydrogen-bond acceptors (Lipinski definition) is 2. The molecule has 4 nitrogen and oxygen atoms in total. The van der Waals surface area contributed by atoms with E-state index in [9.17, 15) is 9.90 Å². The van der Waals surface area contributed by atoms with E-state index < -0.39 is 0 Å². The van der Waals surface area contributed by atoms with Gasteiger partial charge in [-0.15, -0.1) is 0 Å². The van der Waals surface area contributed by atoms with E-state index in [4.69, 9.17) is 0 Å². The van der Waals surface area contributed by atoms with Crippen LogP contribution in [0.1, 0.15) is 27.5 Å². The summed E-state index contributed by atoms with van der Waals surface area (Å²) in [5.41, 5.74) is 3.87. The third-order valence-electron chi connectivity index (χ3n) is 4.65. The molecule has 2 N–H and O–H groups in total. The van der Waals surface area contributed by atoms with Crippen molar-refractivity contribution in [2.45, 2.75) is 12.5 Å². The molecule has 0 bridgehead atoms. The second kappa shape index (κ2) is 5.56. The molecule has 0 radical (unpaired) electrons. The highest BCUT2D eigenvalue weighted by Gasteiger charge is 2.30. The molecule has 1 aliphatic rings. The maximum absolute atomic E-state index is 12.9. The number of aromatic nitrogens is 1. The van der Waals surface area contributed by atoms with Crippen molar-refractivity contribution in [3.8, 4) is 0 Å². The zero-order valence-electron chi connectivity index (χ0n) is 12.7. The Hall–Kier alpha value is -2.59. The van der Waals surface area contributed by atoms with Crippen molar-refractivity contribution in [2.24, 2.45) is 0 Å². The number of hydrogen-bond donors (Lipinski definition) is 2. The molecule has 1 aromatic heterocycles. The number of aliphatic hydroxyl groups excluding tert-OH is 1. The molecule has 4 rings (SSSR count). The van der Waals surface area contributed by atoms with Crippen LogP contribution in [0.2, 0.25) is 0 Å². The van der Waals surface area contributed by atoms with Crippen molar-refractivity contribution >= 4 is 16.8 Å². The molecule has 4 heteroatoms. The van der Waals surface area contributed by atoms with Crippen molar-refractivity contribution in [1.29, 1.82) is 0 Å². The Morgan fingerprint density at radius 3 is 2.96 bits per heavy atom. The molecule has 1 aliphatic heterocycles. The number of carbonyl (C=O) groups excluding carboxylic acids is 1. The largest absolute Gasteiger partial charge is 0.394 e. The van der Waals surface area contributed by atoms with Crippen LogP contribution in [0.15, 0.2) is 54.7 Å². The first kappa shape index (κ1) is 14.0. The number of rotatable bonds is 2. The van der Waals surface area contributed by atoms with Gasteiger partial charge in [-0.05, 0) is 41.1 Å². The van der Waals surface area contributed by atoms with Crippen LogP contribution in [0.4, 0.5) is 0 Å². The van der Waals surface area contributed by atoms with E-state index in [2.05, 4.69) is 11.1 Å². The van der Waals surface area contributed by atoms with Crippen LogP contribution in [-0.4, -0.2) is 34.0 Å². The number of carbonyl (C=O) groups is 1. The molecule has 0 aliphatic carbocycles. The molecular weight excluding hydrogens is 288 g/mol. The molecule has 2 aromatic carbocycles. The summed E-state index contributed by atoms with van der Waals surface area (Å²) in [6.07, 6.45) is 2.69. The number of benzene rings is 2. The summed E-state index contributed by atoms with van der Waals surface area (Å²) >= 11 is 0. The van der Waals surface area contributed by atoms with Gasteiger partial charge in [-0.3, -0.25) is 4.79 Å². The van der Waals surface area contributed by atoms with Crippen molar-refractivity contribution in [3.05, 3.63) is 71.4 Å². The van der Waals surface area contributed by atoms with Gasteiger partial charge in [0.15, 0.2) is 0 Å². The van der Waals surface area contributed by atoms with E-state index in [1.807, 2.05) is 48.7 Å². The molecule has 2 heterocycles. The predicted molar refractivity (Wildman–Crippen MR) is 89.3 cm³/mol. The van der Waals surface area contributed by atoms with Crippen molar-refractivity contribution < 1.29 is 9.90 Å². The summed E-state index contributed by atoms with van der Waals surface area (Å²) in [7, 11) is 0. The molecular formula is C19H18N2O2. The average molecular weight is 306 g/mol. The Balaban J connectivity index is 1.70. The minimum Gasteiger partial charge on any atom is -0.394 e. The number of amides is 1. The fraction of sp³-hybridized carbons (Fsp3) is 0.211. The van der Waals surface area contributed by atoms with Gasteiger partial charge in [-0.1, -0.05) is 30.3 Å². The quantitative estimate of drug-likeness (QED) is 0.765. The van der Waals surface area contributed by atoms with E-state index in [0.29, 0.717) is 12.1 Å². The number of nitrogens with one attached hydrogen (secondary N) is 1.